The molecule has 1 saturated carbocycles. The smallest absolute Gasteiger partial charge is 0.234 e. The van der Waals surface area contributed by atoms with Gasteiger partial charge in [0.25, 0.3) is 0 Å². The molecule has 3 aliphatic rings. The van der Waals surface area contributed by atoms with Crippen molar-refractivity contribution in [3.05, 3.63) is 81.5 Å². The summed E-state index contributed by atoms with van der Waals surface area (Å²) in [6, 6.07) is 17.7. The molecule has 8 nitrogen and oxygen atoms in total. The Balaban J connectivity index is 1.22. The summed E-state index contributed by atoms with van der Waals surface area (Å²) in [5.41, 5.74) is 2.88. The first-order chi connectivity index (χ1) is 19.4. The fourth-order valence-electron chi connectivity index (χ4n) is 5.40. The Morgan fingerprint density at radius 3 is 2.48 bits per heavy atom. The first-order valence-corrected chi connectivity index (χ1v) is 14.6. The van der Waals surface area contributed by atoms with Gasteiger partial charge in [-0.3, -0.25) is 19.3 Å². The lowest BCUT2D eigenvalue weighted by Crippen LogP contribution is -2.48. The minimum Gasteiger partial charge on any atom is -0.457 e. The third-order valence-corrected chi connectivity index (χ3v) is 8.69. The normalized spacial score (nSPS) is 21.8. The van der Waals surface area contributed by atoms with Gasteiger partial charge in [-0.2, -0.15) is 0 Å². The summed E-state index contributed by atoms with van der Waals surface area (Å²) in [7, 11) is 0. The van der Waals surface area contributed by atoms with Gasteiger partial charge in [-0.25, -0.2) is 0 Å². The number of hydrogen-bond donors (Lipinski definition) is 1. The van der Waals surface area contributed by atoms with Gasteiger partial charge in [-0.15, -0.1) is 11.3 Å². The van der Waals surface area contributed by atoms with Gasteiger partial charge in [0.2, 0.25) is 11.8 Å². The van der Waals surface area contributed by atoms with E-state index in [0.29, 0.717) is 37.2 Å². The number of thiophene rings is 1. The lowest BCUT2D eigenvalue weighted by Gasteiger charge is -2.25. The van der Waals surface area contributed by atoms with Gasteiger partial charge in [0.15, 0.2) is 5.78 Å². The maximum atomic E-state index is 13.3. The van der Waals surface area contributed by atoms with Crippen molar-refractivity contribution in [1.82, 2.24) is 15.1 Å². The van der Waals surface area contributed by atoms with Gasteiger partial charge >= 0.3 is 0 Å². The standard InChI is InChI=1S/C31H33N3O5S/c1-20(35)29-12-23(19-40-29)13-31(37)34-15-27-28(16-34)38-18-22-5-3-7-26(11-22)39-25-6-2-4-21(10-25)14-33(24-8-9-24)17-30(36)32-27/h2-7,10-12,19,24,27-28H,8-9,13-18H2,1H3,(H,32,36)/t27-,28-/m0/s1. The molecule has 1 saturated heterocycles. The van der Waals surface area contributed by atoms with Crippen LogP contribution in [0.5, 0.6) is 11.5 Å². The Bertz CT molecular complexity index is 1420. The summed E-state index contributed by atoms with van der Waals surface area (Å²) < 4.78 is 12.5. The summed E-state index contributed by atoms with van der Waals surface area (Å²) in [6.45, 7) is 3.58. The van der Waals surface area contributed by atoms with E-state index in [4.69, 9.17) is 9.47 Å². The second-order valence-corrected chi connectivity index (χ2v) is 11.8. The molecule has 3 heterocycles. The SMILES string of the molecule is CC(=O)c1cc(CC(=O)N2C[C@@H]3NC(=O)CN(C4CC4)Cc4cccc(c4)Oc4cccc(c4)CO[C@H]3C2)cs1. The molecular weight excluding hydrogens is 526 g/mol. The van der Waals surface area contributed by atoms with Crippen molar-refractivity contribution in [3.8, 4) is 11.5 Å². The van der Waals surface area contributed by atoms with E-state index >= 15 is 0 Å². The molecule has 0 spiro atoms. The van der Waals surface area contributed by atoms with Crippen LogP contribution in [0.3, 0.4) is 0 Å². The second-order valence-electron chi connectivity index (χ2n) is 10.9. The summed E-state index contributed by atoms with van der Waals surface area (Å²) in [6.07, 6.45) is 2.04. The van der Waals surface area contributed by atoms with Crippen molar-refractivity contribution >= 4 is 28.9 Å². The highest BCUT2D eigenvalue weighted by molar-refractivity contribution is 7.12. The van der Waals surface area contributed by atoms with E-state index in [0.717, 1.165) is 41.0 Å². The zero-order chi connectivity index (χ0) is 27.6. The number of nitrogens with one attached hydrogen (secondary N) is 1. The van der Waals surface area contributed by atoms with E-state index in [1.54, 1.807) is 11.0 Å². The molecule has 9 heteroatoms. The quantitative estimate of drug-likeness (QED) is 0.483. The predicted molar refractivity (Wildman–Crippen MR) is 152 cm³/mol. The molecule has 0 radical (unpaired) electrons. The molecule has 3 aromatic rings. The number of carbonyl (C=O) groups is 3. The molecular formula is C31H33N3O5S. The van der Waals surface area contributed by atoms with Crippen LogP contribution in [0.2, 0.25) is 0 Å². The van der Waals surface area contributed by atoms with Crippen LogP contribution in [-0.2, 0) is 33.9 Å². The molecule has 2 aliphatic heterocycles. The topological polar surface area (TPSA) is 88.2 Å². The first kappa shape index (κ1) is 26.7. The zero-order valence-corrected chi connectivity index (χ0v) is 23.3. The molecule has 1 aromatic heterocycles. The van der Waals surface area contributed by atoms with Gasteiger partial charge in [0.1, 0.15) is 11.5 Å². The summed E-state index contributed by atoms with van der Waals surface area (Å²) in [4.78, 5) is 42.8. The number of carbonyl (C=O) groups excluding carboxylic acids is 3. The number of benzene rings is 2. The molecule has 208 valence electrons. The third-order valence-electron chi connectivity index (χ3n) is 7.61. The van der Waals surface area contributed by atoms with Crippen molar-refractivity contribution < 1.29 is 23.9 Å². The van der Waals surface area contributed by atoms with Crippen LogP contribution >= 0.6 is 11.3 Å². The van der Waals surface area contributed by atoms with Gasteiger partial charge in [0.05, 0.1) is 36.6 Å². The molecule has 6 rings (SSSR count). The fraction of sp³-hybridized carbons (Fsp3) is 0.387. The van der Waals surface area contributed by atoms with E-state index in [-0.39, 0.29) is 42.7 Å². The molecule has 4 bridgehead atoms. The lowest BCUT2D eigenvalue weighted by molar-refractivity contribution is -0.130. The molecule has 1 aliphatic carbocycles. The van der Waals surface area contributed by atoms with Crippen LogP contribution < -0.4 is 10.1 Å². The third kappa shape index (κ3) is 6.43. The minimum atomic E-state index is -0.345. The Morgan fingerprint density at radius 2 is 1.75 bits per heavy atom. The van der Waals surface area contributed by atoms with E-state index in [2.05, 4.69) is 16.3 Å². The minimum absolute atomic E-state index is 0.00122. The molecule has 2 aromatic carbocycles. The Morgan fingerprint density at radius 1 is 1.00 bits per heavy atom. The number of fused-ring (bicyclic) bond motifs is 5. The molecule has 0 unspecified atom stereocenters. The number of likely N-dealkylation sites (tertiary alicyclic amines) is 1. The maximum absolute atomic E-state index is 13.3. The number of ether oxygens (including phenoxy) is 2. The van der Waals surface area contributed by atoms with Crippen molar-refractivity contribution in [2.45, 2.75) is 57.5 Å². The van der Waals surface area contributed by atoms with Crippen LogP contribution in [0.4, 0.5) is 0 Å². The van der Waals surface area contributed by atoms with E-state index in [9.17, 15) is 14.4 Å². The number of ketones is 1. The molecule has 2 atom stereocenters. The largest absolute Gasteiger partial charge is 0.457 e. The highest BCUT2D eigenvalue weighted by atomic mass is 32.1. The van der Waals surface area contributed by atoms with Gasteiger partial charge < -0.3 is 19.7 Å². The van der Waals surface area contributed by atoms with Gasteiger partial charge in [-0.1, -0.05) is 24.3 Å². The van der Waals surface area contributed by atoms with Gasteiger partial charge in [-0.05, 0) is 72.2 Å². The number of nitrogens with zero attached hydrogens (tertiary/aromatic N) is 2. The van der Waals surface area contributed by atoms with Crippen molar-refractivity contribution in [1.29, 1.82) is 0 Å². The zero-order valence-electron chi connectivity index (χ0n) is 22.5. The molecule has 1 N–H and O–H groups in total. The van der Waals surface area contributed by atoms with Crippen LogP contribution in [0.25, 0.3) is 0 Å². The van der Waals surface area contributed by atoms with Crippen molar-refractivity contribution in [2.75, 3.05) is 19.6 Å². The maximum Gasteiger partial charge on any atom is 0.234 e. The van der Waals surface area contributed by atoms with Crippen LogP contribution in [0.15, 0.2) is 60.0 Å². The first-order valence-electron chi connectivity index (χ1n) is 13.8. The van der Waals surface area contributed by atoms with Crippen LogP contribution in [0, 0.1) is 0 Å². The highest BCUT2D eigenvalue weighted by Crippen LogP contribution is 2.30. The van der Waals surface area contributed by atoms with Crippen molar-refractivity contribution in [2.24, 2.45) is 0 Å². The van der Waals surface area contributed by atoms with E-state index < -0.39 is 0 Å². The molecule has 2 fully saturated rings. The van der Waals surface area contributed by atoms with E-state index in [1.165, 1.54) is 18.3 Å². The Kier molecular flexibility index (Phi) is 7.69. The second kappa shape index (κ2) is 11.5. The lowest BCUT2D eigenvalue weighted by atomic mass is 10.1. The average Bonchev–Trinajstić information content (AvgIpc) is 3.54. The Hall–Kier alpha value is -3.53. The summed E-state index contributed by atoms with van der Waals surface area (Å²) >= 11 is 1.36. The number of hydrogen-bond acceptors (Lipinski definition) is 7. The predicted octanol–water partition coefficient (Wildman–Crippen LogP) is 4.18. The van der Waals surface area contributed by atoms with Crippen molar-refractivity contribution in [3.63, 3.8) is 0 Å². The van der Waals surface area contributed by atoms with Crippen LogP contribution in [-0.4, -0.2) is 65.2 Å². The van der Waals surface area contributed by atoms with E-state index in [1.807, 2.05) is 47.8 Å². The molecule has 40 heavy (non-hydrogen) atoms. The number of rotatable bonds is 4. The number of amides is 2. The monoisotopic (exact) mass is 559 g/mol. The average molecular weight is 560 g/mol. The summed E-state index contributed by atoms with van der Waals surface area (Å²) in [5.74, 6) is 1.38. The highest BCUT2D eigenvalue weighted by Gasteiger charge is 2.38. The van der Waals surface area contributed by atoms with Crippen LogP contribution in [0.1, 0.15) is 46.1 Å². The summed E-state index contributed by atoms with van der Waals surface area (Å²) in [5, 5.41) is 5.05. The fourth-order valence-corrected chi connectivity index (χ4v) is 6.21. The Labute approximate surface area is 237 Å². The number of Topliss-reactive ketones (excluding diaryl/α,β-unsaturated/α-hetero) is 1. The van der Waals surface area contributed by atoms with Gasteiger partial charge in [0, 0.05) is 25.7 Å². The molecule has 2 amide bonds.